The molecule has 1 atom stereocenters. The van der Waals surface area contributed by atoms with Gasteiger partial charge in [-0.2, -0.15) is 5.10 Å². The predicted molar refractivity (Wildman–Crippen MR) is 119 cm³/mol. The molecular weight excluding hydrogens is 450 g/mol. The molecule has 9 nitrogen and oxygen atoms in total. The van der Waals surface area contributed by atoms with Gasteiger partial charge in [0.1, 0.15) is 11.9 Å². The second kappa shape index (κ2) is 9.48. The number of amides is 2. The van der Waals surface area contributed by atoms with Crippen molar-refractivity contribution in [3.8, 4) is 22.6 Å². The van der Waals surface area contributed by atoms with Crippen LogP contribution in [0.3, 0.4) is 0 Å². The second-order valence-corrected chi connectivity index (χ2v) is 7.50. The number of methoxy groups -OCH3 is 3. The Hall–Kier alpha value is -3.99. The normalized spacial score (nSPS) is 14.5. The molecule has 2 heterocycles. The van der Waals surface area contributed by atoms with Crippen LogP contribution in [0.15, 0.2) is 36.4 Å². The van der Waals surface area contributed by atoms with Gasteiger partial charge < -0.3 is 24.8 Å². The third-order valence-corrected chi connectivity index (χ3v) is 5.36. The standard InChI is InChI=1S/C23H22F2N4O5/c1-32-11-16-21(12-4-7-18(33-2)19(8-12)34-3)22-27-23(31)17(29(22)28-16)10-20(30)26-13-5-6-14(24)15(25)9-13/h4-9,17H,10-11H2,1-3H3,(H,26,30)(H,27,31). The summed E-state index contributed by atoms with van der Waals surface area (Å²) in [5.41, 5.74) is 1.96. The number of aromatic nitrogens is 2. The average Bonchev–Trinajstić information content (AvgIpc) is 3.30. The summed E-state index contributed by atoms with van der Waals surface area (Å²) in [6, 6.07) is 7.36. The number of hydrogen-bond donors (Lipinski definition) is 2. The maximum atomic E-state index is 13.4. The van der Waals surface area contributed by atoms with E-state index in [4.69, 9.17) is 14.2 Å². The predicted octanol–water partition coefficient (Wildman–Crippen LogP) is 3.51. The van der Waals surface area contributed by atoms with Crippen LogP contribution >= 0.6 is 0 Å². The lowest BCUT2D eigenvalue weighted by atomic mass is 10.0. The summed E-state index contributed by atoms with van der Waals surface area (Å²) in [6.45, 7) is 0.160. The van der Waals surface area contributed by atoms with Gasteiger partial charge in [-0.3, -0.25) is 9.59 Å². The second-order valence-electron chi connectivity index (χ2n) is 7.50. The van der Waals surface area contributed by atoms with Crippen LogP contribution in [0.5, 0.6) is 11.5 Å². The number of nitrogens with zero attached hydrogens (tertiary/aromatic N) is 2. The Kier molecular flexibility index (Phi) is 6.46. The lowest BCUT2D eigenvalue weighted by molar-refractivity contribution is -0.123. The Balaban J connectivity index is 1.65. The molecule has 178 valence electrons. The van der Waals surface area contributed by atoms with Gasteiger partial charge in [-0.25, -0.2) is 13.5 Å². The van der Waals surface area contributed by atoms with Crippen molar-refractivity contribution in [2.45, 2.75) is 19.1 Å². The van der Waals surface area contributed by atoms with Crippen molar-refractivity contribution >= 4 is 23.3 Å². The van der Waals surface area contributed by atoms with Gasteiger partial charge in [0, 0.05) is 18.9 Å². The Morgan fingerprint density at radius 3 is 2.53 bits per heavy atom. The van der Waals surface area contributed by atoms with Crippen LogP contribution in [0.25, 0.3) is 11.1 Å². The van der Waals surface area contributed by atoms with E-state index >= 15 is 0 Å². The number of fused-ring (bicyclic) bond motifs is 1. The van der Waals surface area contributed by atoms with Gasteiger partial charge in [0.2, 0.25) is 5.91 Å². The molecule has 1 aliphatic heterocycles. The number of halogens is 2. The van der Waals surface area contributed by atoms with Gasteiger partial charge in [-0.15, -0.1) is 0 Å². The zero-order chi connectivity index (χ0) is 24.4. The van der Waals surface area contributed by atoms with Crippen LogP contribution in [-0.4, -0.2) is 42.9 Å². The number of benzene rings is 2. The highest BCUT2D eigenvalue weighted by Gasteiger charge is 2.37. The molecule has 0 spiro atoms. The SMILES string of the molecule is COCc1nn2c(c1-c1ccc(OC)c(OC)c1)NC(=O)C2CC(=O)Nc1ccc(F)c(F)c1. The molecule has 3 aromatic rings. The van der Waals surface area contributed by atoms with E-state index in [1.165, 1.54) is 32.1 Å². The molecule has 34 heavy (non-hydrogen) atoms. The molecule has 2 aromatic carbocycles. The summed E-state index contributed by atoms with van der Waals surface area (Å²) >= 11 is 0. The van der Waals surface area contributed by atoms with Crippen molar-refractivity contribution in [1.29, 1.82) is 0 Å². The molecule has 0 bridgehead atoms. The fourth-order valence-corrected chi connectivity index (χ4v) is 3.81. The first kappa shape index (κ1) is 23.2. The highest BCUT2D eigenvalue weighted by atomic mass is 19.2. The van der Waals surface area contributed by atoms with E-state index in [1.807, 2.05) is 0 Å². The van der Waals surface area contributed by atoms with Crippen LogP contribution in [0.4, 0.5) is 20.3 Å². The van der Waals surface area contributed by atoms with Crippen LogP contribution in [0.2, 0.25) is 0 Å². The summed E-state index contributed by atoms with van der Waals surface area (Å²) in [7, 11) is 4.57. The van der Waals surface area contributed by atoms with E-state index in [-0.39, 0.29) is 18.7 Å². The Labute approximate surface area is 193 Å². The minimum absolute atomic E-state index is 0.0779. The monoisotopic (exact) mass is 472 g/mol. The molecule has 2 amide bonds. The highest BCUT2D eigenvalue weighted by Crippen LogP contribution is 2.41. The number of carbonyl (C=O) groups is 2. The first-order chi connectivity index (χ1) is 16.4. The van der Waals surface area contributed by atoms with Crippen molar-refractivity contribution in [1.82, 2.24) is 9.78 Å². The Morgan fingerprint density at radius 1 is 1.09 bits per heavy atom. The van der Waals surface area contributed by atoms with Crippen molar-refractivity contribution < 1.29 is 32.6 Å². The fourth-order valence-electron chi connectivity index (χ4n) is 3.81. The lowest BCUT2D eigenvalue weighted by Gasteiger charge is -2.11. The minimum atomic E-state index is -1.09. The topological polar surface area (TPSA) is 104 Å². The van der Waals surface area contributed by atoms with Crippen molar-refractivity contribution in [3.05, 3.63) is 53.7 Å². The molecule has 1 aromatic heterocycles. The molecule has 1 unspecified atom stereocenters. The van der Waals surface area contributed by atoms with Crippen LogP contribution in [0, 0.1) is 11.6 Å². The summed E-state index contributed by atoms with van der Waals surface area (Å²) in [6.07, 6.45) is -0.267. The van der Waals surface area contributed by atoms with Crippen molar-refractivity contribution in [3.63, 3.8) is 0 Å². The van der Waals surface area contributed by atoms with Gasteiger partial charge in [0.25, 0.3) is 5.91 Å². The Morgan fingerprint density at radius 2 is 1.85 bits per heavy atom. The minimum Gasteiger partial charge on any atom is -0.493 e. The molecule has 0 fully saturated rings. The number of hydrogen-bond acceptors (Lipinski definition) is 6. The molecule has 4 rings (SSSR count). The van der Waals surface area contributed by atoms with Gasteiger partial charge >= 0.3 is 0 Å². The van der Waals surface area contributed by atoms with Crippen molar-refractivity contribution in [2.75, 3.05) is 32.0 Å². The zero-order valence-electron chi connectivity index (χ0n) is 18.6. The molecule has 0 radical (unpaired) electrons. The van der Waals surface area contributed by atoms with Gasteiger partial charge in [-0.1, -0.05) is 6.07 Å². The molecule has 0 saturated carbocycles. The number of carbonyl (C=O) groups excluding carboxylic acids is 2. The zero-order valence-corrected chi connectivity index (χ0v) is 18.6. The Bertz CT molecular complexity index is 1260. The van der Waals surface area contributed by atoms with E-state index in [0.717, 1.165) is 12.1 Å². The van der Waals surface area contributed by atoms with E-state index < -0.39 is 29.5 Å². The van der Waals surface area contributed by atoms with E-state index in [1.54, 1.807) is 18.2 Å². The largest absolute Gasteiger partial charge is 0.493 e. The summed E-state index contributed by atoms with van der Waals surface area (Å²) in [5.74, 6) is -1.65. The molecule has 0 saturated heterocycles. The summed E-state index contributed by atoms with van der Waals surface area (Å²) in [5, 5.41) is 9.78. The van der Waals surface area contributed by atoms with Crippen LogP contribution in [0.1, 0.15) is 18.2 Å². The summed E-state index contributed by atoms with van der Waals surface area (Å²) < 4.78 is 44.0. The summed E-state index contributed by atoms with van der Waals surface area (Å²) in [4.78, 5) is 25.3. The van der Waals surface area contributed by atoms with Gasteiger partial charge in [-0.05, 0) is 29.8 Å². The fraction of sp³-hybridized carbons (Fsp3) is 0.261. The first-order valence-corrected chi connectivity index (χ1v) is 10.2. The van der Waals surface area contributed by atoms with Crippen LogP contribution in [-0.2, 0) is 20.9 Å². The number of rotatable bonds is 8. The number of nitrogens with one attached hydrogen (secondary N) is 2. The van der Waals surface area contributed by atoms with Crippen LogP contribution < -0.4 is 20.1 Å². The maximum absolute atomic E-state index is 13.4. The van der Waals surface area contributed by atoms with Crippen molar-refractivity contribution in [2.24, 2.45) is 0 Å². The number of ether oxygens (including phenoxy) is 3. The van der Waals surface area contributed by atoms with E-state index in [0.29, 0.717) is 34.1 Å². The number of anilines is 2. The molecule has 0 aliphatic carbocycles. The maximum Gasteiger partial charge on any atom is 0.251 e. The molecule has 1 aliphatic rings. The third-order valence-electron chi connectivity index (χ3n) is 5.36. The first-order valence-electron chi connectivity index (χ1n) is 10.2. The highest BCUT2D eigenvalue weighted by molar-refractivity contribution is 6.04. The average molecular weight is 472 g/mol. The molecule has 11 heteroatoms. The molecular formula is C23H22F2N4O5. The van der Waals surface area contributed by atoms with E-state index in [9.17, 15) is 18.4 Å². The quantitative estimate of drug-likeness (QED) is 0.520. The lowest BCUT2D eigenvalue weighted by Crippen LogP contribution is -2.24. The third kappa shape index (κ3) is 4.29. The van der Waals surface area contributed by atoms with Gasteiger partial charge in [0.15, 0.2) is 23.1 Å². The molecule has 2 N–H and O–H groups in total. The van der Waals surface area contributed by atoms with Gasteiger partial charge in [0.05, 0.1) is 38.5 Å². The van der Waals surface area contributed by atoms with E-state index in [2.05, 4.69) is 15.7 Å². The smallest absolute Gasteiger partial charge is 0.251 e.